The number of rotatable bonds is 4. The molecule has 2 bridgehead atoms. The molecule has 0 spiro atoms. The SMILES string of the molecule is O=C(O)c1ccc(CN2C3C=C(c4ccccc4)CC2CC3)cc1. The number of nitrogens with zero attached hydrogens (tertiary/aromatic N) is 1. The molecule has 2 aromatic rings. The molecule has 0 aliphatic carbocycles. The fraction of sp³-hybridized carbons (Fsp3) is 0.286. The average molecular weight is 319 g/mol. The maximum atomic E-state index is 11.0. The van der Waals surface area contributed by atoms with Crippen LogP contribution in [0.25, 0.3) is 5.57 Å². The summed E-state index contributed by atoms with van der Waals surface area (Å²) in [6.45, 7) is 0.897. The number of benzene rings is 2. The Labute approximate surface area is 142 Å². The molecule has 1 N–H and O–H groups in total. The van der Waals surface area contributed by atoms with Crippen LogP contribution in [0.15, 0.2) is 60.7 Å². The largest absolute Gasteiger partial charge is 0.478 e. The van der Waals surface area contributed by atoms with Crippen molar-refractivity contribution in [3.8, 4) is 0 Å². The number of hydrogen-bond donors (Lipinski definition) is 1. The van der Waals surface area contributed by atoms with Gasteiger partial charge in [0, 0.05) is 18.6 Å². The Morgan fingerprint density at radius 3 is 2.46 bits per heavy atom. The Morgan fingerprint density at radius 1 is 1.04 bits per heavy atom. The van der Waals surface area contributed by atoms with Gasteiger partial charge in [-0.25, -0.2) is 4.79 Å². The minimum absolute atomic E-state index is 0.353. The van der Waals surface area contributed by atoms with Crippen LogP contribution in [-0.4, -0.2) is 28.1 Å². The summed E-state index contributed by atoms with van der Waals surface area (Å²) in [6, 6.07) is 19.1. The molecule has 0 radical (unpaired) electrons. The summed E-state index contributed by atoms with van der Waals surface area (Å²) in [5.41, 5.74) is 4.36. The minimum Gasteiger partial charge on any atom is -0.478 e. The molecule has 3 heteroatoms. The van der Waals surface area contributed by atoms with Crippen molar-refractivity contribution in [3.05, 3.63) is 77.4 Å². The predicted molar refractivity (Wildman–Crippen MR) is 94.8 cm³/mol. The molecule has 122 valence electrons. The first kappa shape index (κ1) is 15.2. The second kappa shape index (κ2) is 6.25. The van der Waals surface area contributed by atoms with Crippen LogP contribution < -0.4 is 0 Å². The zero-order valence-electron chi connectivity index (χ0n) is 13.6. The molecule has 2 unspecified atom stereocenters. The molecule has 2 aliphatic heterocycles. The summed E-state index contributed by atoms with van der Waals surface area (Å²) in [4.78, 5) is 13.5. The molecule has 1 saturated heterocycles. The zero-order valence-corrected chi connectivity index (χ0v) is 13.6. The van der Waals surface area contributed by atoms with E-state index in [1.165, 1.54) is 29.5 Å². The quantitative estimate of drug-likeness (QED) is 0.918. The highest BCUT2D eigenvalue weighted by Gasteiger charge is 2.36. The van der Waals surface area contributed by atoms with Crippen molar-refractivity contribution in [3.63, 3.8) is 0 Å². The van der Waals surface area contributed by atoms with Crippen molar-refractivity contribution >= 4 is 11.5 Å². The Bertz CT molecular complexity index is 764. The first-order valence-corrected chi connectivity index (χ1v) is 8.55. The highest BCUT2D eigenvalue weighted by atomic mass is 16.4. The van der Waals surface area contributed by atoms with Crippen LogP contribution in [0.5, 0.6) is 0 Å². The second-order valence-electron chi connectivity index (χ2n) is 6.73. The zero-order chi connectivity index (χ0) is 16.5. The van der Waals surface area contributed by atoms with Crippen LogP contribution in [0.3, 0.4) is 0 Å². The van der Waals surface area contributed by atoms with Gasteiger partial charge < -0.3 is 5.11 Å². The Kier molecular flexibility index (Phi) is 3.95. The van der Waals surface area contributed by atoms with Gasteiger partial charge >= 0.3 is 5.97 Å². The Hall–Kier alpha value is -2.39. The summed E-state index contributed by atoms with van der Waals surface area (Å²) < 4.78 is 0. The van der Waals surface area contributed by atoms with Crippen molar-refractivity contribution in [1.82, 2.24) is 4.90 Å². The number of carboxylic acid groups (broad SMARTS) is 1. The van der Waals surface area contributed by atoms with Crippen LogP contribution in [0.2, 0.25) is 0 Å². The van der Waals surface area contributed by atoms with E-state index in [0.29, 0.717) is 17.6 Å². The second-order valence-corrected chi connectivity index (χ2v) is 6.73. The van der Waals surface area contributed by atoms with Gasteiger partial charge in [0.2, 0.25) is 0 Å². The fourth-order valence-electron chi connectivity index (χ4n) is 3.99. The van der Waals surface area contributed by atoms with Crippen molar-refractivity contribution in [2.45, 2.75) is 37.9 Å². The molecule has 4 rings (SSSR count). The molecule has 0 amide bonds. The van der Waals surface area contributed by atoms with E-state index >= 15 is 0 Å². The van der Waals surface area contributed by atoms with Gasteiger partial charge in [0.15, 0.2) is 0 Å². The summed E-state index contributed by atoms with van der Waals surface area (Å²) in [5, 5.41) is 9.01. The molecular weight excluding hydrogens is 298 g/mol. The lowest BCUT2D eigenvalue weighted by Crippen LogP contribution is -2.37. The predicted octanol–water partition coefficient (Wildman–Crippen LogP) is 4.21. The normalized spacial score (nSPS) is 23.1. The van der Waals surface area contributed by atoms with Gasteiger partial charge in [-0.15, -0.1) is 0 Å². The van der Waals surface area contributed by atoms with E-state index in [1.807, 2.05) is 12.1 Å². The lowest BCUT2D eigenvalue weighted by molar-refractivity contribution is 0.0697. The molecule has 24 heavy (non-hydrogen) atoms. The Balaban J connectivity index is 1.52. The van der Waals surface area contributed by atoms with Crippen molar-refractivity contribution < 1.29 is 9.90 Å². The third-order valence-electron chi connectivity index (χ3n) is 5.25. The molecule has 0 aromatic heterocycles. The van der Waals surface area contributed by atoms with Crippen molar-refractivity contribution in [2.75, 3.05) is 0 Å². The lowest BCUT2D eigenvalue weighted by atomic mass is 9.94. The maximum Gasteiger partial charge on any atom is 0.335 e. The average Bonchev–Trinajstić information content (AvgIpc) is 2.84. The smallest absolute Gasteiger partial charge is 0.335 e. The summed E-state index contributed by atoms with van der Waals surface area (Å²) in [6.07, 6.45) is 6.00. The molecular formula is C21H21NO2. The molecule has 2 heterocycles. The third kappa shape index (κ3) is 2.87. The molecule has 2 atom stereocenters. The highest BCUT2D eigenvalue weighted by Crippen LogP contribution is 2.39. The fourth-order valence-corrected chi connectivity index (χ4v) is 3.99. The van der Waals surface area contributed by atoms with Crippen LogP contribution in [0, 0.1) is 0 Å². The van der Waals surface area contributed by atoms with Crippen molar-refractivity contribution in [2.24, 2.45) is 0 Å². The number of carboxylic acids is 1. The summed E-state index contributed by atoms with van der Waals surface area (Å²) in [7, 11) is 0. The van der Waals surface area contributed by atoms with Crippen LogP contribution in [0.1, 0.15) is 40.7 Å². The van der Waals surface area contributed by atoms with E-state index in [2.05, 4.69) is 41.3 Å². The maximum absolute atomic E-state index is 11.0. The van der Waals surface area contributed by atoms with Crippen molar-refractivity contribution in [1.29, 1.82) is 0 Å². The van der Waals surface area contributed by atoms with Gasteiger partial charge in [-0.1, -0.05) is 48.5 Å². The third-order valence-corrected chi connectivity index (χ3v) is 5.25. The molecule has 2 aromatic carbocycles. The van der Waals surface area contributed by atoms with E-state index in [4.69, 9.17) is 5.11 Å². The Morgan fingerprint density at radius 2 is 1.79 bits per heavy atom. The van der Waals surface area contributed by atoms with Crippen LogP contribution >= 0.6 is 0 Å². The van der Waals surface area contributed by atoms with E-state index in [0.717, 1.165) is 13.0 Å². The number of fused-ring (bicyclic) bond motifs is 2. The molecule has 2 aliphatic rings. The monoisotopic (exact) mass is 319 g/mol. The van der Waals surface area contributed by atoms with E-state index in [-0.39, 0.29) is 0 Å². The summed E-state index contributed by atoms with van der Waals surface area (Å²) in [5.74, 6) is -0.866. The molecule has 1 fully saturated rings. The van der Waals surface area contributed by atoms with Gasteiger partial charge in [0.1, 0.15) is 0 Å². The molecule has 0 saturated carbocycles. The number of aromatic carboxylic acids is 1. The lowest BCUT2D eigenvalue weighted by Gasteiger charge is -2.34. The van der Waals surface area contributed by atoms with Gasteiger partial charge in [0.25, 0.3) is 0 Å². The van der Waals surface area contributed by atoms with Gasteiger partial charge in [0.05, 0.1) is 5.56 Å². The van der Waals surface area contributed by atoms with Gasteiger partial charge in [-0.2, -0.15) is 0 Å². The first-order valence-electron chi connectivity index (χ1n) is 8.55. The minimum atomic E-state index is -0.866. The van der Waals surface area contributed by atoms with E-state index < -0.39 is 5.97 Å². The van der Waals surface area contributed by atoms with E-state index in [9.17, 15) is 4.79 Å². The van der Waals surface area contributed by atoms with Crippen LogP contribution in [0.4, 0.5) is 0 Å². The van der Waals surface area contributed by atoms with Gasteiger partial charge in [-0.05, 0) is 48.1 Å². The number of hydrogen-bond acceptors (Lipinski definition) is 2. The standard InChI is InChI=1S/C21H21NO2/c23-21(24)17-8-6-15(7-9-17)14-22-19-10-11-20(22)13-18(12-19)16-4-2-1-3-5-16/h1-9,12,19-20H,10-11,13-14H2,(H,23,24). The van der Waals surface area contributed by atoms with Crippen LogP contribution in [-0.2, 0) is 6.54 Å². The summed E-state index contributed by atoms with van der Waals surface area (Å²) >= 11 is 0. The number of carbonyl (C=O) groups is 1. The highest BCUT2D eigenvalue weighted by molar-refractivity contribution is 5.87. The topological polar surface area (TPSA) is 40.5 Å². The van der Waals surface area contributed by atoms with E-state index in [1.54, 1.807) is 12.1 Å². The molecule has 3 nitrogen and oxygen atoms in total. The van der Waals surface area contributed by atoms with Gasteiger partial charge in [-0.3, -0.25) is 4.90 Å². The first-order chi connectivity index (χ1) is 11.7.